The number of methoxy groups -OCH3 is 1. The lowest BCUT2D eigenvalue weighted by molar-refractivity contribution is 0.0954. The van der Waals surface area contributed by atoms with Crippen LogP contribution in [0.2, 0.25) is 5.02 Å². The van der Waals surface area contributed by atoms with Crippen LogP contribution in [0.4, 0.5) is 5.69 Å². The third-order valence-electron chi connectivity index (χ3n) is 3.98. The molecule has 0 radical (unpaired) electrons. The van der Waals surface area contributed by atoms with Crippen molar-refractivity contribution in [1.29, 1.82) is 0 Å². The maximum atomic E-state index is 12.2. The highest BCUT2D eigenvalue weighted by molar-refractivity contribution is 6.30. The first-order valence-corrected chi connectivity index (χ1v) is 9.07. The average Bonchev–Trinajstić information content (AvgIpc) is 2.74. The summed E-state index contributed by atoms with van der Waals surface area (Å²) >= 11 is 5.82. The second kappa shape index (κ2) is 9.52. The number of rotatable bonds is 6. The zero-order valence-electron chi connectivity index (χ0n) is 15.6. The molecule has 0 heterocycles. The lowest BCUT2D eigenvalue weighted by atomic mass is 10.1. The van der Waals surface area contributed by atoms with Crippen LogP contribution in [-0.4, -0.2) is 25.1 Å². The van der Waals surface area contributed by atoms with Crippen molar-refractivity contribution >= 4 is 35.3 Å². The molecular weight excluding hydrogens is 390 g/mol. The third-order valence-corrected chi connectivity index (χ3v) is 4.24. The molecule has 0 saturated carbocycles. The molecule has 0 unspecified atom stereocenters. The SMILES string of the molecule is COc1cccc(C=NNC(=O)c2ccc(NC(=O)c3ccc(Cl)cc3)cc2)c1. The summed E-state index contributed by atoms with van der Waals surface area (Å²) in [5.41, 5.74) is 4.74. The zero-order valence-corrected chi connectivity index (χ0v) is 16.3. The first kappa shape index (κ1) is 20.1. The molecule has 146 valence electrons. The predicted molar refractivity (Wildman–Crippen MR) is 114 cm³/mol. The lowest BCUT2D eigenvalue weighted by Gasteiger charge is -2.06. The highest BCUT2D eigenvalue weighted by atomic mass is 35.5. The number of nitrogens with one attached hydrogen (secondary N) is 2. The number of carbonyl (C=O) groups is 2. The molecule has 0 bridgehead atoms. The van der Waals surface area contributed by atoms with Gasteiger partial charge in [-0.25, -0.2) is 5.43 Å². The van der Waals surface area contributed by atoms with Gasteiger partial charge in [0.2, 0.25) is 0 Å². The summed E-state index contributed by atoms with van der Waals surface area (Å²) < 4.78 is 5.14. The zero-order chi connectivity index (χ0) is 20.6. The number of hydrogen-bond donors (Lipinski definition) is 2. The predicted octanol–water partition coefficient (Wildman–Crippen LogP) is 4.36. The normalized spacial score (nSPS) is 10.6. The van der Waals surface area contributed by atoms with Crippen LogP contribution in [0.25, 0.3) is 0 Å². The van der Waals surface area contributed by atoms with E-state index in [1.807, 2.05) is 18.2 Å². The molecule has 0 atom stereocenters. The molecule has 2 amide bonds. The Balaban J connectivity index is 1.57. The topological polar surface area (TPSA) is 79.8 Å². The van der Waals surface area contributed by atoms with E-state index in [9.17, 15) is 9.59 Å². The molecule has 29 heavy (non-hydrogen) atoms. The summed E-state index contributed by atoms with van der Waals surface area (Å²) in [6.07, 6.45) is 1.53. The standard InChI is InChI=1S/C22H18ClN3O3/c1-29-20-4-2-3-15(13-20)14-24-26-22(28)17-7-11-19(12-8-17)25-21(27)16-5-9-18(23)10-6-16/h2-14H,1H3,(H,25,27)(H,26,28). The summed E-state index contributed by atoms with van der Waals surface area (Å²) in [6, 6.07) is 20.4. The summed E-state index contributed by atoms with van der Waals surface area (Å²) in [4.78, 5) is 24.4. The van der Waals surface area contributed by atoms with E-state index in [1.165, 1.54) is 6.21 Å². The fourth-order valence-electron chi connectivity index (χ4n) is 2.46. The van der Waals surface area contributed by atoms with E-state index in [0.29, 0.717) is 27.6 Å². The van der Waals surface area contributed by atoms with E-state index in [1.54, 1.807) is 61.7 Å². The molecular formula is C22H18ClN3O3. The van der Waals surface area contributed by atoms with Gasteiger partial charge in [-0.3, -0.25) is 9.59 Å². The van der Waals surface area contributed by atoms with Crippen LogP contribution in [0, 0.1) is 0 Å². The molecule has 0 aromatic heterocycles. The highest BCUT2D eigenvalue weighted by Crippen LogP contribution is 2.14. The van der Waals surface area contributed by atoms with Gasteiger partial charge in [0.1, 0.15) is 5.75 Å². The number of ether oxygens (including phenoxy) is 1. The van der Waals surface area contributed by atoms with Gasteiger partial charge < -0.3 is 10.1 Å². The number of amides is 2. The molecule has 7 heteroatoms. The van der Waals surface area contributed by atoms with Gasteiger partial charge >= 0.3 is 0 Å². The largest absolute Gasteiger partial charge is 0.497 e. The van der Waals surface area contributed by atoms with Gasteiger partial charge in [0.15, 0.2) is 0 Å². The van der Waals surface area contributed by atoms with Crippen LogP contribution in [0.1, 0.15) is 26.3 Å². The number of nitrogens with zero attached hydrogens (tertiary/aromatic N) is 1. The molecule has 0 aliphatic carbocycles. The molecule has 0 saturated heterocycles. The average molecular weight is 408 g/mol. The Hall–Kier alpha value is -3.64. The van der Waals surface area contributed by atoms with E-state index in [4.69, 9.17) is 16.3 Å². The number of benzene rings is 3. The highest BCUT2D eigenvalue weighted by Gasteiger charge is 2.08. The van der Waals surface area contributed by atoms with Gasteiger partial charge in [-0.2, -0.15) is 5.10 Å². The molecule has 0 aliphatic heterocycles. The molecule has 0 fully saturated rings. The number of carbonyl (C=O) groups excluding carboxylic acids is 2. The number of hydrazone groups is 1. The summed E-state index contributed by atoms with van der Waals surface area (Å²) in [7, 11) is 1.58. The molecule has 0 aliphatic rings. The Labute approximate surface area is 173 Å². The second-order valence-electron chi connectivity index (χ2n) is 6.01. The van der Waals surface area contributed by atoms with Crippen molar-refractivity contribution in [2.24, 2.45) is 5.10 Å². The maximum absolute atomic E-state index is 12.2. The van der Waals surface area contributed by atoms with Crippen molar-refractivity contribution in [3.05, 3.63) is 94.5 Å². The first-order chi connectivity index (χ1) is 14.0. The Kier molecular flexibility index (Phi) is 6.60. The molecule has 3 rings (SSSR count). The molecule has 3 aromatic rings. The second-order valence-corrected chi connectivity index (χ2v) is 6.45. The van der Waals surface area contributed by atoms with Gasteiger partial charge in [0.05, 0.1) is 13.3 Å². The van der Waals surface area contributed by atoms with E-state index in [0.717, 1.165) is 5.56 Å². The third kappa shape index (κ3) is 5.67. The molecule has 2 N–H and O–H groups in total. The number of anilines is 1. The fraction of sp³-hybridized carbons (Fsp3) is 0.0455. The maximum Gasteiger partial charge on any atom is 0.271 e. The van der Waals surface area contributed by atoms with E-state index < -0.39 is 0 Å². The summed E-state index contributed by atoms with van der Waals surface area (Å²) in [5.74, 6) is 0.0815. The van der Waals surface area contributed by atoms with E-state index in [-0.39, 0.29) is 11.8 Å². The van der Waals surface area contributed by atoms with Crippen molar-refractivity contribution in [3.8, 4) is 5.75 Å². The van der Waals surface area contributed by atoms with Crippen LogP contribution < -0.4 is 15.5 Å². The van der Waals surface area contributed by atoms with Gasteiger partial charge in [-0.05, 0) is 66.2 Å². The van der Waals surface area contributed by atoms with Crippen molar-refractivity contribution < 1.29 is 14.3 Å². The van der Waals surface area contributed by atoms with Crippen LogP contribution in [0.15, 0.2) is 77.9 Å². The van der Waals surface area contributed by atoms with Crippen molar-refractivity contribution in [1.82, 2.24) is 5.43 Å². The molecule has 6 nitrogen and oxygen atoms in total. The molecule has 3 aromatic carbocycles. The Morgan fingerprint density at radius 1 is 0.931 bits per heavy atom. The van der Waals surface area contributed by atoms with Crippen molar-refractivity contribution in [3.63, 3.8) is 0 Å². The van der Waals surface area contributed by atoms with Crippen molar-refractivity contribution in [2.75, 3.05) is 12.4 Å². The monoisotopic (exact) mass is 407 g/mol. The van der Waals surface area contributed by atoms with Crippen LogP contribution >= 0.6 is 11.6 Å². The minimum Gasteiger partial charge on any atom is -0.497 e. The van der Waals surface area contributed by atoms with Crippen LogP contribution in [0.5, 0.6) is 5.75 Å². The van der Waals surface area contributed by atoms with Gasteiger partial charge in [0, 0.05) is 21.8 Å². The van der Waals surface area contributed by atoms with Crippen LogP contribution in [0.3, 0.4) is 0 Å². The summed E-state index contributed by atoms with van der Waals surface area (Å²) in [6.45, 7) is 0. The fourth-order valence-corrected chi connectivity index (χ4v) is 2.59. The van der Waals surface area contributed by atoms with Crippen LogP contribution in [-0.2, 0) is 0 Å². The lowest BCUT2D eigenvalue weighted by Crippen LogP contribution is -2.17. The number of halogens is 1. The Bertz CT molecular complexity index is 1030. The Morgan fingerprint density at radius 2 is 1.59 bits per heavy atom. The van der Waals surface area contributed by atoms with Crippen molar-refractivity contribution in [2.45, 2.75) is 0 Å². The Morgan fingerprint density at radius 3 is 2.28 bits per heavy atom. The van der Waals surface area contributed by atoms with E-state index >= 15 is 0 Å². The smallest absolute Gasteiger partial charge is 0.271 e. The van der Waals surface area contributed by atoms with Gasteiger partial charge in [-0.1, -0.05) is 23.7 Å². The quantitative estimate of drug-likeness (QED) is 0.470. The molecule has 0 spiro atoms. The number of hydrogen-bond acceptors (Lipinski definition) is 4. The van der Waals surface area contributed by atoms with Gasteiger partial charge in [-0.15, -0.1) is 0 Å². The first-order valence-electron chi connectivity index (χ1n) is 8.69. The van der Waals surface area contributed by atoms with E-state index in [2.05, 4.69) is 15.8 Å². The summed E-state index contributed by atoms with van der Waals surface area (Å²) in [5, 5.41) is 7.28. The van der Waals surface area contributed by atoms with Gasteiger partial charge in [0.25, 0.3) is 11.8 Å². The minimum atomic E-state index is -0.361. The minimum absolute atomic E-state index is 0.262.